The van der Waals surface area contributed by atoms with Crippen molar-refractivity contribution in [2.75, 3.05) is 41.3 Å². The summed E-state index contributed by atoms with van der Waals surface area (Å²) in [6, 6.07) is -0.463. The van der Waals surface area contributed by atoms with E-state index in [0.29, 0.717) is 0 Å². The van der Waals surface area contributed by atoms with Crippen LogP contribution >= 0.6 is 0 Å². The largest absolute Gasteiger partial charge is 0.341 e. The Balaban J connectivity index is 2.70. The number of carbonyl (C=O) groups excluding carboxylic acids is 4. The molecule has 0 bridgehead atoms. The second kappa shape index (κ2) is 11.4. The molecule has 0 radical (unpaired) electrons. The third-order valence-corrected chi connectivity index (χ3v) is 5.71. The lowest BCUT2D eigenvalue weighted by molar-refractivity contribution is -0.133. The van der Waals surface area contributed by atoms with Crippen LogP contribution in [-0.2, 0) is 14.4 Å². The first kappa shape index (κ1) is 26.8. The van der Waals surface area contributed by atoms with Crippen molar-refractivity contribution < 1.29 is 19.2 Å². The fourth-order valence-corrected chi connectivity index (χ4v) is 3.63. The molecular formula is C21H40N6O4. The van der Waals surface area contributed by atoms with E-state index in [1.54, 1.807) is 13.8 Å². The molecule has 5 amide bonds. The Bertz CT molecular complexity index is 664. The normalized spacial score (nSPS) is 18.0. The number of rotatable bonds is 12. The molecule has 1 aliphatic heterocycles. The number of hydrogen-bond acceptors (Lipinski definition) is 6. The zero-order valence-corrected chi connectivity index (χ0v) is 20.3. The summed E-state index contributed by atoms with van der Waals surface area (Å²) in [4.78, 5) is 56.6. The van der Waals surface area contributed by atoms with E-state index in [2.05, 4.69) is 10.6 Å². The zero-order valence-electron chi connectivity index (χ0n) is 20.3. The van der Waals surface area contributed by atoms with Gasteiger partial charge < -0.3 is 15.5 Å². The summed E-state index contributed by atoms with van der Waals surface area (Å²) in [5.41, 5.74) is -1.06. The fourth-order valence-electron chi connectivity index (χ4n) is 3.63. The van der Waals surface area contributed by atoms with E-state index in [4.69, 9.17) is 0 Å². The summed E-state index contributed by atoms with van der Waals surface area (Å²) in [7, 11) is 7.52. The smallest absolute Gasteiger partial charge is 0.327 e. The van der Waals surface area contributed by atoms with E-state index >= 15 is 0 Å². The van der Waals surface area contributed by atoms with Crippen LogP contribution in [0, 0.1) is 0 Å². The molecule has 178 valence electrons. The predicted octanol–water partition coefficient (Wildman–Crippen LogP) is 0.637. The molecule has 1 saturated heterocycles. The summed E-state index contributed by atoms with van der Waals surface area (Å²) in [6.45, 7) is 7.42. The van der Waals surface area contributed by atoms with E-state index in [9.17, 15) is 19.2 Å². The van der Waals surface area contributed by atoms with E-state index in [1.165, 1.54) is 4.90 Å². The second-order valence-corrected chi connectivity index (χ2v) is 8.86. The van der Waals surface area contributed by atoms with Crippen LogP contribution in [0.5, 0.6) is 0 Å². The predicted molar refractivity (Wildman–Crippen MR) is 119 cm³/mol. The molecule has 10 nitrogen and oxygen atoms in total. The van der Waals surface area contributed by atoms with Gasteiger partial charge in [0.15, 0.2) is 0 Å². The van der Waals surface area contributed by atoms with Gasteiger partial charge in [-0.25, -0.2) is 4.79 Å². The number of nitrogens with zero attached hydrogens (tertiary/aromatic N) is 4. The molecule has 2 atom stereocenters. The highest BCUT2D eigenvalue weighted by Gasteiger charge is 2.50. The maximum atomic E-state index is 12.9. The zero-order chi connectivity index (χ0) is 23.9. The summed E-state index contributed by atoms with van der Waals surface area (Å²) in [6.07, 6.45) is 1.46. The Kier molecular flexibility index (Phi) is 9.89. The molecule has 1 fully saturated rings. The molecule has 0 spiro atoms. The summed E-state index contributed by atoms with van der Waals surface area (Å²) in [5, 5.41) is 5.81. The first-order chi connectivity index (χ1) is 14.4. The topological polar surface area (TPSA) is 105 Å². The third-order valence-electron chi connectivity index (χ3n) is 5.71. The first-order valence-corrected chi connectivity index (χ1v) is 10.9. The van der Waals surface area contributed by atoms with Gasteiger partial charge in [-0.3, -0.25) is 29.1 Å². The maximum absolute atomic E-state index is 12.9. The van der Waals surface area contributed by atoms with Gasteiger partial charge in [0.1, 0.15) is 5.54 Å². The Morgan fingerprint density at radius 2 is 1.29 bits per heavy atom. The standard InChI is InChI=1S/C21H40N6O4/c1-9-15(24(5)6)22-17(28)11-13-26-19(30)21(3,4)27(20(26)31)14-12-18(29)23-16(10-2)25(7)8/h15-16H,9-14H2,1-8H3,(H,22,28)(H,23,29). The average molecular weight is 441 g/mol. The van der Waals surface area contributed by atoms with E-state index in [0.717, 1.165) is 17.7 Å². The molecule has 2 N–H and O–H groups in total. The van der Waals surface area contributed by atoms with Crippen LogP contribution in [0.1, 0.15) is 53.4 Å². The minimum atomic E-state index is -1.06. The number of urea groups is 1. The molecule has 1 rings (SSSR count). The molecule has 0 aliphatic carbocycles. The third kappa shape index (κ3) is 6.90. The first-order valence-electron chi connectivity index (χ1n) is 10.9. The number of amides is 5. The van der Waals surface area contributed by atoms with Crippen LogP contribution < -0.4 is 10.6 Å². The number of imide groups is 1. The highest BCUT2D eigenvalue weighted by Crippen LogP contribution is 2.28. The van der Waals surface area contributed by atoms with Gasteiger partial charge in [-0.15, -0.1) is 0 Å². The van der Waals surface area contributed by atoms with Gasteiger partial charge in [-0.05, 0) is 54.9 Å². The van der Waals surface area contributed by atoms with E-state index < -0.39 is 11.6 Å². The van der Waals surface area contributed by atoms with Crippen molar-refractivity contribution in [3.63, 3.8) is 0 Å². The monoisotopic (exact) mass is 440 g/mol. The fraction of sp³-hybridized carbons (Fsp3) is 0.810. The van der Waals surface area contributed by atoms with Gasteiger partial charge in [0.05, 0.1) is 12.3 Å². The molecule has 0 aromatic rings. The number of hydrogen-bond donors (Lipinski definition) is 2. The van der Waals surface area contributed by atoms with Crippen molar-refractivity contribution in [1.82, 2.24) is 30.2 Å². The lowest BCUT2D eigenvalue weighted by Crippen LogP contribution is -2.48. The lowest BCUT2D eigenvalue weighted by atomic mass is 10.0. The number of carbonyl (C=O) groups is 4. The van der Waals surface area contributed by atoms with Crippen molar-refractivity contribution in [2.45, 2.75) is 71.2 Å². The Labute approximate surface area is 186 Å². The molecule has 10 heteroatoms. The Morgan fingerprint density at radius 1 is 0.871 bits per heavy atom. The van der Waals surface area contributed by atoms with Gasteiger partial charge in [0.25, 0.3) is 5.91 Å². The van der Waals surface area contributed by atoms with E-state index in [-0.39, 0.29) is 56.0 Å². The summed E-state index contributed by atoms with van der Waals surface area (Å²) >= 11 is 0. The van der Waals surface area contributed by atoms with Crippen LogP contribution in [-0.4, -0.2) is 103 Å². The summed E-state index contributed by atoms with van der Waals surface area (Å²) in [5.74, 6) is -0.750. The van der Waals surface area contributed by atoms with Crippen molar-refractivity contribution in [2.24, 2.45) is 0 Å². The molecule has 0 aromatic carbocycles. The van der Waals surface area contributed by atoms with Crippen LogP contribution in [0.4, 0.5) is 4.79 Å². The molecular weight excluding hydrogens is 400 g/mol. The van der Waals surface area contributed by atoms with Crippen LogP contribution in [0.2, 0.25) is 0 Å². The van der Waals surface area contributed by atoms with Crippen molar-refractivity contribution in [1.29, 1.82) is 0 Å². The molecule has 0 saturated carbocycles. The van der Waals surface area contributed by atoms with Crippen molar-refractivity contribution in [3.05, 3.63) is 0 Å². The van der Waals surface area contributed by atoms with Crippen molar-refractivity contribution >= 4 is 23.8 Å². The second-order valence-electron chi connectivity index (χ2n) is 8.86. The Hall–Kier alpha value is -2.20. The summed E-state index contributed by atoms with van der Waals surface area (Å²) < 4.78 is 0. The van der Waals surface area contributed by atoms with Gasteiger partial charge in [-0.1, -0.05) is 13.8 Å². The average Bonchev–Trinajstić information content (AvgIpc) is 2.84. The minimum absolute atomic E-state index is 0.0119. The molecule has 31 heavy (non-hydrogen) atoms. The van der Waals surface area contributed by atoms with Gasteiger partial charge in [0.2, 0.25) is 11.8 Å². The highest BCUT2D eigenvalue weighted by atomic mass is 16.2. The van der Waals surface area contributed by atoms with Crippen molar-refractivity contribution in [3.8, 4) is 0 Å². The minimum Gasteiger partial charge on any atom is -0.341 e. The van der Waals surface area contributed by atoms with Gasteiger partial charge >= 0.3 is 6.03 Å². The van der Waals surface area contributed by atoms with Gasteiger partial charge in [0, 0.05) is 25.9 Å². The van der Waals surface area contributed by atoms with E-state index in [1.807, 2.05) is 51.8 Å². The lowest BCUT2D eigenvalue weighted by Gasteiger charge is -2.28. The van der Waals surface area contributed by atoms with Crippen LogP contribution in [0.25, 0.3) is 0 Å². The van der Waals surface area contributed by atoms with Gasteiger partial charge in [-0.2, -0.15) is 0 Å². The van der Waals surface area contributed by atoms with Crippen LogP contribution in [0.15, 0.2) is 0 Å². The molecule has 2 unspecified atom stereocenters. The SMILES string of the molecule is CCC(NC(=O)CCN1C(=O)N(CCC(=O)NC(CC)N(C)C)C(C)(C)C1=O)N(C)C. The number of nitrogens with one attached hydrogen (secondary N) is 2. The molecule has 1 aliphatic rings. The van der Waals surface area contributed by atoms with Crippen LogP contribution in [0.3, 0.4) is 0 Å². The molecule has 0 aromatic heterocycles. The molecule has 1 heterocycles. The quantitative estimate of drug-likeness (QED) is 0.341. The highest BCUT2D eigenvalue weighted by molar-refractivity contribution is 6.06. The Morgan fingerprint density at radius 3 is 1.68 bits per heavy atom. The maximum Gasteiger partial charge on any atom is 0.327 e.